The van der Waals surface area contributed by atoms with Crippen LogP contribution in [0.5, 0.6) is 0 Å². The Kier molecular flexibility index (Phi) is 7.03. The Morgan fingerprint density at radius 3 is 2.45 bits per heavy atom. The van der Waals surface area contributed by atoms with E-state index in [1.54, 1.807) is 6.92 Å². The van der Waals surface area contributed by atoms with Crippen LogP contribution >= 0.6 is 12.4 Å². The van der Waals surface area contributed by atoms with Gasteiger partial charge in [0.1, 0.15) is 0 Å². The number of rotatable bonds is 5. The summed E-state index contributed by atoms with van der Waals surface area (Å²) >= 11 is 0. The van der Waals surface area contributed by atoms with Crippen LogP contribution in [0.25, 0.3) is 0 Å². The first-order valence-electron chi connectivity index (χ1n) is 7.28. The SMILES string of the molecule is C[C@H](N)C(=O)N(CCc1ccccc1)C1CCCC1.Cl. The van der Waals surface area contributed by atoms with Gasteiger partial charge in [0, 0.05) is 12.6 Å². The quantitative estimate of drug-likeness (QED) is 0.908. The second-order valence-corrected chi connectivity index (χ2v) is 5.49. The van der Waals surface area contributed by atoms with Crippen LogP contribution in [0.4, 0.5) is 0 Å². The fourth-order valence-corrected chi connectivity index (χ4v) is 2.84. The van der Waals surface area contributed by atoms with Gasteiger partial charge < -0.3 is 10.6 Å². The maximum atomic E-state index is 12.3. The molecule has 112 valence electrons. The van der Waals surface area contributed by atoms with E-state index in [-0.39, 0.29) is 18.3 Å². The van der Waals surface area contributed by atoms with Crippen molar-refractivity contribution in [1.29, 1.82) is 0 Å². The first-order chi connectivity index (χ1) is 9.18. The van der Waals surface area contributed by atoms with Crippen LogP contribution in [-0.2, 0) is 11.2 Å². The summed E-state index contributed by atoms with van der Waals surface area (Å²) in [7, 11) is 0. The summed E-state index contributed by atoms with van der Waals surface area (Å²) in [6.07, 6.45) is 5.65. The number of nitrogens with zero attached hydrogens (tertiary/aromatic N) is 1. The van der Waals surface area contributed by atoms with E-state index in [0.717, 1.165) is 25.8 Å². The van der Waals surface area contributed by atoms with Crippen LogP contribution in [0.2, 0.25) is 0 Å². The molecule has 1 saturated carbocycles. The molecule has 0 spiro atoms. The minimum atomic E-state index is -0.392. The number of halogens is 1. The fourth-order valence-electron chi connectivity index (χ4n) is 2.84. The summed E-state index contributed by atoms with van der Waals surface area (Å²) < 4.78 is 0. The minimum Gasteiger partial charge on any atom is -0.338 e. The van der Waals surface area contributed by atoms with Crippen molar-refractivity contribution in [2.45, 2.75) is 51.1 Å². The molecule has 0 saturated heterocycles. The van der Waals surface area contributed by atoms with Gasteiger partial charge in [-0.15, -0.1) is 12.4 Å². The topological polar surface area (TPSA) is 46.3 Å². The molecule has 0 aromatic heterocycles. The van der Waals surface area contributed by atoms with Gasteiger partial charge >= 0.3 is 0 Å². The van der Waals surface area contributed by atoms with Gasteiger partial charge in [0.05, 0.1) is 6.04 Å². The molecule has 0 radical (unpaired) electrons. The molecule has 1 aliphatic carbocycles. The molecule has 20 heavy (non-hydrogen) atoms. The summed E-state index contributed by atoms with van der Waals surface area (Å²) in [4.78, 5) is 14.3. The molecule has 1 atom stereocenters. The van der Waals surface area contributed by atoms with E-state index in [0.29, 0.717) is 6.04 Å². The number of carbonyl (C=O) groups is 1. The molecule has 3 nitrogen and oxygen atoms in total. The second kappa shape index (κ2) is 8.28. The van der Waals surface area contributed by atoms with Crippen LogP contribution in [0, 0.1) is 0 Å². The zero-order chi connectivity index (χ0) is 13.7. The van der Waals surface area contributed by atoms with Gasteiger partial charge in [-0.2, -0.15) is 0 Å². The molecule has 2 rings (SSSR count). The summed E-state index contributed by atoms with van der Waals surface area (Å²) in [5.41, 5.74) is 7.06. The predicted molar refractivity (Wildman–Crippen MR) is 85.0 cm³/mol. The fraction of sp³-hybridized carbons (Fsp3) is 0.562. The number of hydrogen-bond acceptors (Lipinski definition) is 2. The highest BCUT2D eigenvalue weighted by Gasteiger charge is 2.27. The lowest BCUT2D eigenvalue weighted by molar-refractivity contribution is -0.134. The highest BCUT2D eigenvalue weighted by Crippen LogP contribution is 2.24. The monoisotopic (exact) mass is 296 g/mol. The van der Waals surface area contributed by atoms with Crippen molar-refractivity contribution in [3.05, 3.63) is 35.9 Å². The molecule has 1 aromatic rings. The third-order valence-electron chi connectivity index (χ3n) is 3.92. The molecular formula is C16H25ClN2O. The molecule has 0 aliphatic heterocycles. The molecule has 4 heteroatoms. The first kappa shape index (κ1) is 17.0. The highest BCUT2D eigenvalue weighted by molar-refractivity contribution is 5.85. The van der Waals surface area contributed by atoms with Crippen molar-refractivity contribution in [2.75, 3.05) is 6.54 Å². The van der Waals surface area contributed by atoms with Crippen LogP contribution in [0.3, 0.4) is 0 Å². The minimum absolute atomic E-state index is 0. The average Bonchev–Trinajstić information content (AvgIpc) is 2.94. The number of amides is 1. The first-order valence-corrected chi connectivity index (χ1v) is 7.28. The molecule has 1 amide bonds. The van der Waals surface area contributed by atoms with Crippen LogP contribution in [0.15, 0.2) is 30.3 Å². The van der Waals surface area contributed by atoms with E-state index in [2.05, 4.69) is 12.1 Å². The van der Waals surface area contributed by atoms with Crippen molar-refractivity contribution in [2.24, 2.45) is 5.73 Å². The van der Waals surface area contributed by atoms with E-state index < -0.39 is 6.04 Å². The van der Waals surface area contributed by atoms with Crippen LogP contribution in [-0.4, -0.2) is 29.4 Å². The maximum absolute atomic E-state index is 12.3. The Morgan fingerprint density at radius 2 is 1.90 bits per heavy atom. The normalized spacial score (nSPS) is 16.5. The van der Waals surface area contributed by atoms with Crippen LogP contribution < -0.4 is 5.73 Å². The largest absolute Gasteiger partial charge is 0.338 e. The Labute approximate surface area is 127 Å². The van der Waals surface area contributed by atoms with E-state index in [9.17, 15) is 4.79 Å². The van der Waals surface area contributed by atoms with Crippen LogP contribution in [0.1, 0.15) is 38.2 Å². The molecule has 1 aromatic carbocycles. The zero-order valence-corrected chi connectivity index (χ0v) is 12.9. The Bertz CT molecular complexity index is 402. The second-order valence-electron chi connectivity index (χ2n) is 5.49. The predicted octanol–water partition coefficient (Wildman–Crippen LogP) is 2.77. The zero-order valence-electron chi connectivity index (χ0n) is 12.1. The van der Waals surface area contributed by atoms with Crippen molar-refractivity contribution >= 4 is 18.3 Å². The molecule has 0 heterocycles. The van der Waals surface area contributed by atoms with E-state index >= 15 is 0 Å². The van der Waals surface area contributed by atoms with Gasteiger partial charge in [0.2, 0.25) is 5.91 Å². The average molecular weight is 297 g/mol. The van der Waals surface area contributed by atoms with E-state index in [1.165, 1.54) is 18.4 Å². The molecule has 1 fully saturated rings. The number of hydrogen-bond donors (Lipinski definition) is 1. The summed E-state index contributed by atoms with van der Waals surface area (Å²) in [6.45, 7) is 2.57. The molecular weight excluding hydrogens is 272 g/mol. The van der Waals surface area contributed by atoms with Gasteiger partial charge in [-0.3, -0.25) is 4.79 Å². The molecule has 2 N–H and O–H groups in total. The van der Waals surface area contributed by atoms with Gasteiger partial charge in [-0.25, -0.2) is 0 Å². The third-order valence-corrected chi connectivity index (χ3v) is 3.92. The van der Waals surface area contributed by atoms with Gasteiger partial charge in [-0.1, -0.05) is 43.2 Å². The summed E-state index contributed by atoms with van der Waals surface area (Å²) in [6, 6.07) is 10.3. The van der Waals surface area contributed by atoms with E-state index in [1.807, 2.05) is 23.1 Å². The standard InChI is InChI=1S/C16H24N2O.ClH/c1-13(17)16(19)18(15-9-5-6-10-15)12-11-14-7-3-2-4-8-14;/h2-4,7-8,13,15H,5-6,9-12,17H2,1H3;1H/t13-;/m0./s1. The molecule has 1 aliphatic rings. The molecule has 0 bridgehead atoms. The lowest BCUT2D eigenvalue weighted by Gasteiger charge is -2.30. The van der Waals surface area contributed by atoms with E-state index in [4.69, 9.17) is 5.73 Å². The highest BCUT2D eigenvalue weighted by atomic mass is 35.5. The smallest absolute Gasteiger partial charge is 0.239 e. The van der Waals surface area contributed by atoms with Crippen molar-refractivity contribution in [1.82, 2.24) is 4.90 Å². The van der Waals surface area contributed by atoms with Gasteiger partial charge in [-0.05, 0) is 31.7 Å². The maximum Gasteiger partial charge on any atom is 0.239 e. The number of nitrogens with two attached hydrogens (primary N) is 1. The van der Waals surface area contributed by atoms with Gasteiger partial charge in [0.25, 0.3) is 0 Å². The number of benzene rings is 1. The van der Waals surface area contributed by atoms with Gasteiger partial charge in [0.15, 0.2) is 0 Å². The lowest BCUT2D eigenvalue weighted by atomic mass is 10.1. The summed E-state index contributed by atoms with van der Waals surface area (Å²) in [5, 5.41) is 0. The summed E-state index contributed by atoms with van der Waals surface area (Å²) in [5.74, 6) is 0.0998. The van der Waals surface area contributed by atoms with Crippen molar-refractivity contribution < 1.29 is 4.79 Å². The Hall–Kier alpha value is -1.06. The number of carbonyl (C=O) groups excluding carboxylic acids is 1. The van der Waals surface area contributed by atoms with Crippen molar-refractivity contribution in [3.63, 3.8) is 0 Å². The Balaban J connectivity index is 0.00000200. The lowest BCUT2D eigenvalue weighted by Crippen LogP contribution is -2.47. The van der Waals surface area contributed by atoms with Crippen molar-refractivity contribution in [3.8, 4) is 0 Å². The Morgan fingerprint density at radius 1 is 1.30 bits per heavy atom. The third kappa shape index (κ3) is 4.50. The molecule has 0 unspecified atom stereocenters.